The van der Waals surface area contributed by atoms with Crippen molar-refractivity contribution in [3.63, 3.8) is 0 Å². The average molecular weight is 355 g/mol. The molecule has 2 rings (SSSR count). The highest BCUT2D eigenvalue weighted by Crippen LogP contribution is 2.35. The van der Waals surface area contributed by atoms with E-state index in [0.717, 1.165) is 34.2 Å². The Labute approximate surface area is 154 Å². The van der Waals surface area contributed by atoms with Crippen LogP contribution in [-0.4, -0.2) is 17.0 Å². The smallest absolute Gasteiger partial charge is 0.341 e. The third-order valence-corrected chi connectivity index (χ3v) is 4.67. The van der Waals surface area contributed by atoms with Crippen molar-refractivity contribution < 1.29 is 19.4 Å². The number of cyclic esters (lactones) is 1. The number of fused-ring (bicyclic) bond motifs is 1. The van der Waals surface area contributed by atoms with Crippen molar-refractivity contribution >= 4 is 17.6 Å². The van der Waals surface area contributed by atoms with Crippen molar-refractivity contribution in [2.24, 2.45) is 0 Å². The second-order valence-electron chi connectivity index (χ2n) is 6.46. The predicted octanol–water partition coefficient (Wildman–Crippen LogP) is 3.56. The Kier molecular flexibility index (Phi) is 6.46. The van der Waals surface area contributed by atoms with Crippen molar-refractivity contribution in [3.05, 3.63) is 39.5 Å². The molecule has 0 aromatic heterocycles. The molecule has 0 unspecified atom stereocenters. The minimum absolute atomic E-state index is 0.0994. The second-order valence-corrected chi connectivity index (χ2v) is 6.46. The SMILES string of the molecule is CCC#CCc1c(C)c2c(c(N)c1CC=C(C)CCC(=O)O)C(=O)OC2. The van der Waals surface area contributed by atoms with E-state index in [0.29, 0.717) is 30.5 Å². The number of ether oxygens (including phenoxy) is 1. The number of carbonyl (C=O) groups excluding carboxylic acids is 1. The molecule has 0 saturated heterocycles. The fourth-order valence-corrected chi connectivity index (χ4v) is 3.13. The number of carbonyl (C=O) groups is 2. The molecule has 3 N–H and O–H groups in total. The van der Waals surface area contributed by atoms with Crippen LogP contribution in [-0.2, 0) is 29.0 Å². The zero-order valence-electron chi connectivity index (χ0n) is 15.6. The number of carboxylic acid groups (broad SMARTS) is 1. The lowest BCUT2D eigenvalue weighted by molar-refractivity contribution is -0.136. The van der Waals surface area contributed by atoms with Gasteiger partial charge in [-0.25, -0.2) is 4.79 Å². The summed E-state index contributed by atoms with van der Waals surface area (Å²) in [6.45, 7) is 6.14. The van der Waals surface area contributed by atoms with Crippen molar-refractivity contribution in [1.82, 2.24) is 0 Å². The van der Waals surface area contributed by atoms with Gasteiger partial charge in [0, 0.05) is 24.8 Å². The van der Waals surface area contributed by atoms with Gasteiger partial charge in [0.15, 0.2) is 0 Å². The Morgan fingerprint density at radius 1 is 1.31 bits per heavy atom. The number of aliphatic carboxylic acids is 1. The molecule has 5 nitrogen and oxygen atoms in total. The molecular formula is C21H25NO4. The number of carboxylic acids is 1. The molecule has 0 bridgehead atoms. The lowest BCUT2D eigenvalue weighted by Gasteiger charge is -2.16. The Morgan fingerprint density at radius 3 is 2.69 bits per heavy atom. The fourth-order valence-electron chi connectivity index (χ4n) is 3.13. The van der Waals surface area contributed by atoms with Crippen molar-refractivity contribution in [2.75, 3.05) is 5.73 Å². The molecule has 0 aliphatic carbocycles. The van der Waals surface area contributed by atoms with Gasteiger partial charge in [0.05, 0.1) is 11.3 Å². The number of allylic oxidation sites excluding steroid dienone is 2. The zero-order valence-corrected chi connectivity index (χ0v) is 15.6. The number of anilines is 1. The maximum atomic E-state index is 12.1. The third-order valence-electron chi connectivity index (χ3n) is 4.67. The van der Waals surface area contributed by atoms with Gasteiger partial charge < -0.3 is 15.6 Å². The molecule has 0 spiro atoms. The zero-order chi connectivity index (χ0) is 19.3. The van der Waals surface area contributed by atoms with E-state index in [1.807, 2.05) is 26.8 Å². The van der Waals surface area contributed by atoms with Crippen molar-refractivity contribution in [3.8, 4) is 11.8 Å². The number of nitrogen functional groups attached to an aromatic ring is 1. The van der Waals surface area contributed by atoms with E-state index in [-0.39, 0.29) is 19.0 Å². The summed E-state index contributed by atoms with van der Waals surface area (Å²) >= 11 is 0. The van der Waals surface area contributed by atoms with Gasteiger partial charge in [0.25, 0.3) is 0 Å². The first-order valence-electron chi connectivity index (χ1n) is 8.79. The van der Waals surface area contributed by atoms with Gasteiger partial charge in [-0.2, -0.15) is 0 Å². The number of nitrogens with two attached hydrogens (primary N) is 1. The maximum Gasteiger partial charge on any atom is 0.341 e. The Bertz CT molecular complexity index is 825. The van der Waals surface area contributed by atoms with Crippen LogP contribution in [0.3, 0.4) is 0 Å². The monoisotopic (exact) mass is 355 g/mol. The molecule has 0 fully saturated rings. The van der Waals surface area contributed by atoms with E-state index in [2.05, 4.69) is 11.8 Å². The van der Waals surface area contributed by atoms with E-state index in [1.54, 1.807) is 0 Å². The van der Waals surface area contributed by atoms with Crippen LogP contribution in [0.1, 0.15) is 65.7 Å². The molecular weight excluding hydrogens is 330 g/mol. The molecule has 0 atom stereocenters. The number of esters is 1. The van der Waals surface area contributed by atoms with Crippen LogP contribution in [0.2, 0.25) is 0 Å². The van der Waals surface area contributed by atoms with Gasteiger partial charge in [-0.15, -0.1) is 5.92 Å². The summed E-state index contributed by atoms with van der Waals surface area (Å²) < 4.78 is 5.18. The van der Waals surface area contributed by atoms with Gasteiger partial charge in [0.2, 0.25) is 0 Å². The van der Waals surface area contributed by atoms with Crippen molar-refractivity contribution in [1.29, 1.82) is 0 Å². The topological polar surface area (TPSA) is 89.6 Å². The normalized spacial score (nSPS) is 13.0. The van der Waals surface area contributed by atoms with Crippen LogP contribution >= 0.6 is 0 Å². The van der Waals surface area contributed by atoms with Gasteiger partial charge in [-0.3, -0.25) is 4.79 Å². The minimum Gasteiger partial charge on any atom is -0.481 e. The summed E-state index contributed by atoms with van der Waals surface area (Å²) in [6, 6.07) is 0. The molecule has 0 radical (unpaired) electrons. The standard InChI is InChI=1S/C21H25NO4/c1-4-5-6-7-15-14(3)17-12-26-21(25)19(17)20(22)16(15)10-8-13(2)9-11-18(23)24/h8H,4,7,9-12,22H2,1-3H3,(H,23,24). The van der Waals surface area contributed by atoms with Gasteiger partial charge in [-0.05, 0) is 43.4 Å². The lowest BCUT2D eigenvalue weighted by atomic mass is 9.88. The van der Waals surface area contributed by atoms with Crippen LogP contribution in [0.15, 0.2) is 11.6 Å². The molecule has 5 heteroatoms. The summed E-state index contributed by atoms with van der Waals surface area (Å²) in [5.41, 5.74) is 12.1. The highest BCUT2D eigenvalue weighted by atomic mass is 16.5. The van der Waals surface area contributed by atoms with Gasteiger partial charge in [0.1, 0.15) is 6.61 Å². The van der Waals surface area contributed by atoms with Crippen LogP contribution in [0.4, 0.5) is 5.69 Å². The number of hydrogen-bond donors (Lipinski definition) is 2. The van der Waals surface area contributed by atoms with E-state index in [9.17, 15) is 9.59 Å². The number of benzene rings is 1. The molecule has 0 amide bonds. The molecule has 1 heterocycles. The highest BCUT2D eigenvalue weighted by molar-refractivity contribution is 6.00. The minimum atomic E-state index is -0.816. The number of hydrogen-bond acceptors (Lipinski definition) is 4. The summed E-state index contributed by atoms with van der Waals surface area (Å²) in [4.78, 5) is 22.8. The predicted molar refractivity (Wildman–Crippen MR) is 101 cm³/mol. The van der Waals surface area contributed by atoms with Crippen molar-refractivity contribution in [2.45, 2.75) is 59.5 Å². The Balaban J connectivity index is 2.43. The quantitative estimate of drug-likeness (QED) is 0.352. The summed E-state index contributed by atoms with van der Waals surface area (Å²) in [5.74, 6) is 5.04. The second kappa shape index (κ2) is 8.57. The molecule has 0 saturated carbocycles. The molecule has 26 heavy (non-hydrogen) atoms. The molecule has 1 aromatic carbocycles. The largest absolute Gasteiger partial charge is 0.481 e. The molecule has 1 aliphatic heterocycles. The molecule has 1 aromatic rings. The number of rotatable bonds is 6. The Hall–Kier alpha value is -2.74. The third kappa shape index (κ3) is 4.26. The van der Waals surface area contributed by atoms with E-state index < -0.39 is 5.97 Å². The molecule has 138 valence electrons. The summed E-state index contributed by atoms with van der Waals surface area (Å²) in [5, 5.41) is 8.81. The van der Waals surface area contributed by atoms with E-state index in [1.165, 1.54) is 0 Å². The molecule has 1 aliphatic rings. The average Bonchev–Trinajstić information content (AvgIpc) is 2.99. The van der Waals surface area contributed by atoms with Crippen LogP contribution in [0.25, 0.3) is 0 Å². The van der Waals surface area contributed by atoms with Gasteiger partial charge in [-0.1, -0.05) is 24.5 Å². The van der Waals surface area contributed by atoms with Crippen LogP contribution in [0, 0.1) is 18.8 Å². The van der Waals surface area contributed by atoms with Crippen LogP contribution < -0.4 is 5.73 Å². The van der Waals surface area contributed by atoms with Gasteiger partial charge >= 0.3 is 11.9 Å². The summed E-state index contributed by atoms with van der Waals surface area (Å²) in [6.07, 6.45) is 4.47. The first kappa shape index (κ1) is 19.6. The first-order valence-corrected chi connectivity index (χ1v) is 8.79. The van der Waals surface area contributed by atoms with Crippen LogP contribution in [0.5, 0.6) is 0 Å². The Morgan fingerprint density at radius 2 is 2.04 bits per heavy atom. The first-order chi connectivity index (χ1) is 12.4. The van der Waals surface area contributed by atoms with E-state index >= 15 is 0 Å². The lowest BCUT2D eigenvalue weighted by Crippen LogP contribution is -2.10. The fraction of sp³-hybridized carbons (Fsp3) is 0.429. The van der Waals surface area contributed by atoms with E-state index in [4.69, 9.17) is 15.6 Å². The summed E-state index contributed by atoms with van der Waals surface area (Å²) in [7, 11) is 0. The highest BCUT2D eigenvalue weighted by Gasteiger charge is 2.29. The maximum absolute atomic E-state index is 12.1.